The van der Waals surface area contributed by atoms with Gasteiger partial charge >= 0.3 is 5.97 Å². The zero-order valence-corrected chi connectivity index (χ0v) is 13.1. The van der Waals surface area contributed by atoms with Crippen molar-refractivity contribution < 1.29 is 9.53 Å². The van der Waals surface area contributed by atoms with Crippen LogP contribution in [-0.4, -0.2) is 30.6 Å². The van der Waals surface area contributed by atoms with E-state index in [1.54, 1.807) is 11.3 Å². The Morgan fingerprint density at radius 3 is 3.00 bits per heavy atom. The van der Waals surface area contributed by atoms with Crippen LogP contribution in [0, 0.1) is 0 Å². The molecule has 0 saturated heterocycles. The summed E-state index contributed by atoms with van der Waals surface area (Å²) >= 11 is 3.67. The summed E-state index contributed by atoms with van der Waals surface area (Å²) < 4.78 is 4.68. The fourth-order valence-electron chi connectivity index (χ4n) is 2.50. The van der Waals surface area contributed by atoms with E-state index in [4.69, 9.17) is 0 Å². The van der Waals surface area contributed by atoms with Crippen LogP contribution in [-0.2, 0) is 22.5 Å². The van der Waals surface area contributed by atoms with Crippen LogP contribution in [0.1, 0.15) is 29.0 Å². The van der Waals surface area contributed by atoms with Gasteiger partial charge in [-0.3, -0.25) is 4.79 Å². The molecular formula is C14H21NO2S2. The maximum absolute atomic E-state index is 11.2. The Kier molecular flexibility index (Phi) is 5.73. The van der Waals surface area contributed by atoms with Crippen molar-refractivity contribution in [2.75, 3.05) is 13.4 Å². The van der Waals surface area contributed by atoms with Crippen molar-refractivity contribution in [3.8, 4) is 0 Å². The Balaban J connectivity index is 1.81. The van der Waals surface area contributed by atoms with Crippen molar-refractivity contribution in [1.82, 2.24) is 5.32 Å². The lowest BCUT2D eigenvalue weighted by atomic mass is 10.2. The third kappa shape index (κ3) is 4.23. The predicted octanol–water partition coefficient (Wildman–Crippen LogP) is 2.84. The lowest BCUT2D eigenvalue weighted by Crippen LogP contribution is -2.33. The maximum atomic E-state index is 11.2. The zero-order chi connectivity index (χ0) is 13.7. The highest BCUT2D eigenvalue weighted by molar-refractivity contribution is 7.99. The van der Waals surface area contributed by atoms with Gasteiger partial charge in [0.1, 0.15) is 0 Å². The smallest absolute Gasteiger partial charge is 0.310 e. The second-order valence-corrected chi connectivity index (χ2v) is 7.14. The van der Waals surface area contributed by atoms with Crippen LogP contribution >= 0.6 is 23.1 Å². The number of nitrogens with one attached hydrogen (secondary N) is 1. The van der Waals surface area contributed by atoms with Crippen LogP contribution in [0.25, 0.3) is 0 Å². The number of hydrogen-bond donors (Lipinski definition) is 1. The van der Waals surface area contributed by atoms with E-state index in [0.29, 0.717) is 12.5 Å². The molecule has 1 aromatic heterocycles. The highest BCUT2D eigenvalue weighted by atomic mass is 32.2. The number of carbonyl (C=O) groups excluding carboxylic acids is 1. The van der Waals surface area contributed by atoms with Gasteiger partial charge in [-0.2, -0.15) is 11.8 Å². The molecule has 0 radical (unpaired) electrons. The fourth-order valence-corrected chi connectivity index (χ4v) is 4.42. The maximum Gasteiger partial charge on any atom is 0.310 e. The minimum Gasteiger partial charge on any atom is -0.469 e. The van der Waals surface area contributed by atoms with E-state index < -0.39 is 0 Å². The second-order valence-electron chi connectivity index (χ2n) is 4.81. The third-order valence-corrected chi connectivity index (χ3v) is 5.81. The molecule has 2 atom stereocenters. The molecule has 1 saturated carbocycles. The topological polar surface area (TPSA) is 38.3 Å². The number of hydrogen-bond acceptors (Lipinski definition) is 5. The first-order valence-corrected chi connectivity index (χ1v) is 8.74. The van der Waals surface area contributed by atoms with Crippen LogP contribution < -0.4 is 5.32 Å². The zero-order valence-electron chi connectivity index (χ0n) is 11.5. The molecule has 0 spiro atoms. The molecule has 19 heavy (non-hydrogen) atoms. The molecule has 106 valence electrons. The lowest BCUT2D eigenvalue weighted by Gasteiger charge is -2.18. The minimum atomic E-state index is -0.167. The predicted molar refractivity (Wildman–Crippen MR) is 81.8 cm³/mol. The Morgan fingerprint density at radius 2 is 2.26 bits per heavy atom. The summed E-state index contributed by atoms with van der Waals surface area (Å²) in [5, 5.41) is 4.41. The Hall–Kier alpha value is -0.520. The molecule has 1 heterocycles. The quantitative estimate of drug-likeness (QED) is 0.820. The molecule has 2 unspecified atom stereocenters. The summed E-state index contributed by atoms with van der Waals surface area (Å²) in [5.41, 5.74) is 0. The fraction of sp³-hybridized carbons (Fsp3) is 0.643. The Bertz CT molecular complexity index is 419. The normalized spacial score (nSPS) is 22.6. The van der Waals surface area contributed by atoms with Gasteiger partial charge in [0.15, 0.2) is 0 Å². The molecule has 2 rings (SSSR count). The number of thioether (sulfide) groups is 1. The van der Waals surface area contributed by atoms with Gasteiger partial charge in [0.25, 0.3) is 0 Å². The molecule has 0 bridgehead atoms. The average Bonchev–Trinajstić information content (AvgIpc) is 3.04. The van der Waals surface area contributed by atoms with Crippen LogP contribution in [0.3, 0.4) is 0 Å². The number of thiophene rings is 1. The first-order chi connectivity index (χ1) is 9.22. The summed E-state index contributed by atoms with van der Waals surface area (Å²) in [7, 11) is 1.43. The number of carbonyl (C=O) groups is 1. The van der Waals surface area contributed by atoms with Crippen molar-refractivity contribution in [3.63, 3.8) is 0 Å². The molecule has 1 N–H and O–H groups in total. The van der Waals surface area contributed by atoms with E-state index in [1.807, 2.05) is 17.8 Å². The first-order valence-electron chi connectivity index (χ1n) is 6.63. The SMILES string of the molecule is COC(=O)Cc1ccc(CNC2CCCC2SC)s1. The van der Waals surface area contributed by atoms with Crippen LogP contribution in [0.4, 0.5) is 0 Å². The average molecular weight is 299 g/mol. The van der Waals surface area contributed by atoms with Crippen LogP contribution in [0.2, 0.25) is 0 Å². The van der Waals surface area contributed by atoms with Crippen LogP contribution in [0.5, 0.6) is 0 Å². The molecule has 3 nitrogen and oxygen atoms in total. The van der Waals surface area contributed by atoms with Gasteiger partial charge in [-0.25, -0.2) is 0 Å². The van der Waals surface area contributed by atoms with E-state index in [0.717, 1.165) is 16.7 Å². The van der Waals surface area contributed by atoms with Crippen molar-refractivity contribution in [2.45, 2.75) is 43.5 Å². The van der Waals surface area contributed by atoms with E-state index in [2.05, 4.69) is 22.4 Å². The van der Waals surface area contributed by atoms with Crippen molar-refractivity contribution in [2.24, 2.45) is 0 Å². The van der Waals surface area contributed by atoms with Crippen molar-refractivity contribution in [1.29, 1.82) is 0 Å². The second kappa shape index (κ2) is 7.31. The summed E-state index contributed by atoms with van der Waals surface area (Å²) in [6.07, 6.45) is 6.53. The molecule has 1 aliphatic rings. The molecular weight excluding hydrogens is 278 g/mol. The molecule has 0 amide bonds. The minimum absolute atomic E-state index is 0.167. The summed E-state index contributed by atoms with van der Waals surface area (Å²) in [6, 6.07) is 4.78. The van der Waals surface area contributed by atoms with Crippen LogP contribution in [0.15, 0.2) is 12.1 Å². The highest BCUT2D eigenvalue weighted by Gasteiger charge is 2.25. The molecule has 0 aromatic carbocycles. The summed E-state index contributed by atoms with van der Waals surface area (Å²) in [4.78, 5) is 13.6. The van der Waals surface area contributed by atoms with Gasteiger partial charge in [0.2, 0.25) is 0 Å². The van der Waals surface area contributed by atoms with Gasteiger partial charge in [0.05, 0.1) is 13.5 Å². The van der Waals surface area contributed by atoms with E-state index in [-0.39, 0.29) is 5.97 Å². The number of ether oxygens (including phenoxy) is 1. The van der Waals surface area contributed by atoms with E-state index in [9.17, 15) is 4.79 Å². The summed E-state index contributed by atoms with van der Waals surface area (Å²) in [6.45, 7) is 0.910. The summed E-state index contributed by atoms with van der Waals surface area (Å²) in [5.74, 6) is -0.167. The number of rotatable bonds is 6. The molecule has 1 fully saturated rings. The third-order valence-electron chi connectivity index (χ3n) is 3.56. The molecule has 0 aliphatic heterocycles. The van der Waals surface area contributed by atoms with Gasteiger partial charge in [0, 0.05) is 27.6 Å². The van der Waals surface area contributed by atoms with Gasteiger partial charge in [-0.15, -0.1) is 11.3 Å². The van der Waals surface area contributed by atoms with E-state index in [1.165, 1.54) is 31.2 Å². The van der Waals surface area contributed by atoms with E-state index >= 15 is 0 Å². The monoisotopic (exact) mass is 299 g/mol. The van der Waals surface area contributed by atoms with Gasteiger partial charge in [-0.1, -0.05) is 6.42 Å². The molecule has 1 aliphatic carbocycles. The number of methoxy groups -OCH3 is 1. The Morgan fingerprint density at radius 1 is 1.47 bits per heavy atom. The first kappa shape index (κ1) is 14.9. The lowest BCUT2D eigenvalue weighted by molar-refractivity contribution is -0.139. The Labute approximate surface area is 123 Å². The van der Waals surface area contributed by atoms with Crippen molar-refractivity contribution >= 4 is 29.1 Å². The molecule has 5 heteroatoms. The van der Waals surface area contributed by atoms with Gasteiger partial charge in [-0.05, 0) is 31.2 Å². The highest BCUT2D eigenvalue weighted by Crippen LogP contribution is 2.29. The molecule has 1 aromatic rings. The number of esters is 1. The van der Waals surface area contributed by atoms with Crippen molar-refractivity contribution in [3.05, 3.63) is 21.9 Å². The standard InChI is InChI=1S/C14H21NO2S2/c1-17-14(16)8-10-6-7-11(19-10)9-15-12-4-3-5-13(12)18-2/h6-7,12-13,15H,3-5,8-9H2,1-2H3. The largest absolute Gasteiger partial charge is 0.469 e. The van der Waals surface area contributed by atoms with Gasteiger partial charge < -0.3 is 10.1 Å².